The number of ether oxygens (including phenoxy) is 1. The lowest BCUT2D eigenvalue weighted by molar-refractivity contribution is 0.183. The second-order valence-corrected chi connectivity index (χ2v) is 5.59. The van der Waals surface area contributed by atoms with E-state index in [0.29, 0.717) is 29.2 Å². The van der Waals surface area contributed by atoms with Gasteiger partial charge in [-0.1, -0.05) is 13.8 Å². The van der Waals surface area contributed by atoms with E-state index in [2.05, 4.69) is 35.1 Å². The smallest absolute Gasteiger partial charge is 0.149 e. The average Bonchev–Trinajstić information content (AvgIpc) is 2.66. The molecule has 0 saturated carbocycles. The summed E-state index contributed by atoms with van der Waals surface area (Å²) < 4.78 is 25.2. The monoisotopic (exact) mass is 329 g/mol. The highest BCUT2D eigenvalue weighted by molar-refractivity contribution is 9.10. The van der Waals surface area contributed by atoms with Crippen LogP contribution in [0.2, 0.25) is 0 Å². The minimum absolute atomic E-state index is 0.291. The molecule has 0 saturated heterocycles. The second kappa shape index (κ2) is 6.03. The molecule has 0 aliphatic rings. The van der Waals surface area contributed by atoms with Gasteiger partial charge in [-0.05, 0) is 28.1 Å². The van der Waals surface area contributed by atoms with Crippen LogP contribution in [0.5, 0.6) is 0 Å². The van der Waals surface area contributed by atoms with E-state index < -0.39 is 0 Å². The van der Waals surface area contributed by atoms with Crippen molar-refractivity contribution in [3.63, 3.8) is 0 Å². The highest BCUT2D eigenvalue weighted by Crippen LogP contribution is 2.33. The molecule has 0 unspecified atom stereocenters. The molecule has 1 heterocycles. The van der Waals surface area contributed by atoms with Crippen LogP contribution in [-0.4, -0.2) is 13.2 Å². The molecule has 104 valence electrons. The van der Waals surface area contributed by atoms with Crippen LogP contribution in [0.25, 0.3) is 11.0 Å². The van der Waals surface area contributed by atoms with Gasteiger partial charge in [0.1, 0.15) is 17.2 Å². The first kappa shape index (κ1) is 14.5. The average molecular weight is 330 g/mol. The molecule has 0 bridgehead atoms. The van der Waals surface area contributed by atoms with Gasteiger partial charge < -0.3 is 14.5 Å². The lowest BCUT2D eigenvalue weighted by Gasteiger charge is -2.07. The van der Waals surface area contributed by atoms with E-state index in [9.17, 15) is 4.39 Å². The highest BCUT2D eigenvalue weighted by atomic mass is 79.9. The summed E-state index contributed by atoms with van der Waals surface area (Å²) in [6.07, 6.45) is 0. The summed E-state index contributed by atoms with van der Waals surface area (Å²) >= 11 is 3.33. The zero-order valence-corrected chi connectivity index (χ0v) is 12.8. The Morgan fingerprint density at radius 3 is 2.79 bits per heavy atom. The van der Waals surface area contributed by atoms with Crippen LogP contribution in [0.15, 0.2) is 21.0 Å². The van der Waals surface area contributed by atoms with Gasteiger partial charge in [0.05, 0.1) is 17.6 Å². The first-order valence-corrected chi connectivity index (χ1v) is 6.93. The number of methoxy groups -OCH3 is 1. The third-order valence-corrected chi connectivity index (χ3v) is 3.44. The molecule has 0 radical (unpaired) electrons. The molecule has 5 heteroatoms. The number of fused-ring (bicyclic) bond motifs is 1. The molecule has 1 aromatic carbocycles. The van der Waals surface area contributed by atoms with E-state index in [-0.39, 0.29) is 5.82 Å². The molecular formula is C14H17BrFNO2. The summed E-state index contributed by atoms with van der Waals surface area (Å²) in [6.45, 7) is 5.12. The molecule has 19 heavy (non-hydrogen) atoms. The van der Waals surface area contributed by atoms with Crippen LogP contribution in [0.1, 0.15) is 25.2 Å². The predicted molar refractivity (Wildman–Crippen MR) is 76.6 cm³/mol. The van der Waals surface area contributed by atoms with Gasteiger partial charge in [0.15, 0.2) is 0 Å². The fourth-order valence-electron chi connectivity index (χ4n) is 1.97. The van der Waals surface area contributed by atoms with Crippen LogP contribution in [-0.2, 0) is 17.9 Å². The molecule has 0 amide bonds. The molecule has 2 aromatic rings. The van der Waals surface area contributed by atoms with Crippen molar-refractivity contribution in [3.8, 4) is 0 Å². The summed E-state index contributed by atoms with van der Waals surface area (Å²) in [4.78, 5) is 0. The summed E-state index contributed by atoms with van der Waals surface area (Å²) in [6, 6.07) is 3.24. The minimum Gasteiger partial charge on any atom is -0.458 e. The second-order valence-electron chi connectivity index (χ2n) is 4.74. The van der Waals surface area contributed by atoms with Crippen LogP contribution in [0, 0.1) is 5.82 Å². The molecular weight excluding hydrogens is 313 g/mol. The van der Waals surface area contributed by atoms with Crippen molar-refractivity contribution in [2.75, 3.05) is 7.11 Å². The van der Waals surface area contributed by atoms with Crippen LogP contribution in [0.3, 0.4) is 0 Å². The Hall–Kier alpha value is -0.910. The van der Waals surface area contributed by atoms with Gasteiger partial charge in [0.2, 0.25) is 0 Å². The molecule has 1 aromatic heterocycles. The lowest BCUT2D eigenvalue weighted by atomic mass is 10.1. The fourth-order valence-corrected chi connectivity index (χ4v) is 2.48. The van der Waals surface area contributed by atoms with E-state index in [4.69, 9.17) is 9.15 Å². The zero-order chi connectivity index (χ0) is 14.0. The zero-order valence-electron chi connectivity index (χ0n) is 11.2. The molecule has 0 fully saturated rings. The molecule has 0 aliphatic carbocycles. The normalized spacial score (nSPS) is 11.7. The first-order chi connectivity index (χ1) is 9.02. The molecule has 0 atom stereocenters. The van der Waals surface area contributed by atoms with E-state index in [1.54, 1.807) is 7.11 Å². The fraction of sp³-hybridized carbons (Fsp3) is 0.429. The van der Waals surface area contributed by atoms with E-state index in [1.807, 2.05) is 0 Å². The predicted octanol–water partition coefficient (Wildman–Crippen LogP) is 3.98. The molecule has 0 aliphatic heterocycles. The van der Waals surface area contributed by atoms with E-state index in [1.165, 1.54) is 12.1 Å². The Kier molecular flexibility index (Phi) is 4.60. The maximum absolute atomic E-state index is 13.5. The third kappa shape index (κ3) is 3.16. The summed E-state index contributed by atoms with van der Waals surface area (Å²) in [5, 5.41) is 4.06. The Bertz CT molecular complexity index is 580. The third-order valence-electron chi connectivity index (χ3n) is 2.85. The van der Waals surface area contributed by atoms with Crippen molar-refractivity contribution in [1.82, 2.24) is 5.32 Å². The van der Waals surface area contributed by atoms with Gasteiger partial charge >= 0.3 is 0 Å². The van der Waals surface area contributed by atoms with Crippen LogP contribution >= 0.6 is 15.9 Å². The number of halogens is 2. The Morgan fingerprint density at radius 1 is 1.42 bits per heavy atom. The summed E-state index contributed by atoms with van der Waals surface area (Å²) in [7, 11) is 1.62. The van der Waals surface area contributed by atoms with Crippen molar-refractivity contribution in [2.24, 2.45) is 0 Å². The number of hydrogen-bond acceptors (Lipinski definition) is 3. The van der Waals surface area contributed by atoms with Crippen molar-refractivity contribution < 1.29 is 13.5 Å². The number of furan rings is 1. The maximum atomic E-state index is 13.5. The Morgan fingerprint density at radius 2 is 2.16 bits per heavy atom. The van der Waals surface area contributed by atoms with Crippen molar-refractivity contribution in [1.29, 1.82) is 0 Å². The summed E-state index contributed by atoms with van der Waals surface area (Å²) in [5.41, 5.74) is 1.56. The van der Waals surface area contributed by atoms with Gasteiger partial charge in [0.25, 0.3) is 0 Å². The number of nitrogens with one attached hydrogen (secondary N) is 1. The first-order valence-electron chi connectivity index (χ1n) is 6.14. The Labute approximate surface area is 120 Å². The van der Waals surface area contributed by atoms with Crippen LogP contribution in [0.4, 0.5) is 4.39 Å². The van der Waals surface area contributed by atoms with E-state index in [0.717, 1.165) is 16.7 Å². The van der Waals surface area contributed by atoms with Crippen molar-refractivity contribution in [3.05, 3.63) is 33.7 Å². The van der Waals surface area contributed by atoms with Gasteiger partial charge in [-0.15, -0.1) is 0 Å². The van der Waals surface area contributed by atoms with Gasteiger partial charge in [-0.25, -0.2) is 4.39 Å². The number of benzene rings is 1. The van der Waals surface area contributed by atoms with Crippen molar-refractivity contribution in [2.45, 2.75) is 33.0 Å². The number of rotatable bonds is 5. The topological polar surface area (TPSA) is 34.4 Å². The SMILES string of the molecule is COCc1c(CNC(C)C)oc2c(Br)cc(F)cc12. The molecule has 3 nitrogen and oxygen atoms in total. The quantitative estimate of drug-likeness (QED) is 0.900. The lowest BCUT2D eigenvalue weighted by Crippen LogP contribution is -2.22. The molecule has 1 N–H and O–H groups in total. The number of hydrogen-bond donors (Lipinski definition) is 1. The van der Waals surface area contributed by atoms with Crippen LogP contribution < -0.4 is 5.32 Å². The maximum Gasteiger partial charge on any atom is 0.149 e. The largest absolute Gasteiger partial charge is 0.458 e. The van der Waals surface area contributed by atoms with Gasteiger partial charge in [0, 0.05) is 24.1 Å². The van der Waals surface area contributed by atoms with Crippen molar-refractivity contribution >= 4 is 26.9 Å². The standard InChI is InChI=1S/C14H17BrFNO2/c1-8(2)17-6-13-11(7-18-3)10-4-9(16)5-12(15)14(10)19-13/h4-5,8,17H,6-7H2,1-3H3. The minimum atomic E-state index is -0.291. The Balaban J connectivity index is 2.50. The van der Waals surface area contributed by atoms with Gasteiger partial charge in [-0.3, -0.25) is 0 Å². The molecule has 0 spiro atoms. The molecule has 2 rings (SSSR count). The van der Waals surface area contributed by atoms with E-state index >= 15 is 0 Å². The summed E-state index contributed by atoms with van der Waals surface area (Å²) in [5.74, 6) is 0.498. The highest BCUT2D eigenvalue weighted by Gasteiger charge is 2.17. The van der Waals surface area contributed by atoms with Gasteiger partial charge in [-0.2, -0.15) is 0 Å².